The van der Waals surface area contributed by atoms with Gasteiger partial charge in [0.05, 0.1) is 5.69 Å². The molecule has 2 aromatic carbocycles. The van der Waals surface area contributed by atoms with Gasteiger partial charge in [0.15, 0.2) is 6.61 Å². The van der Waals surface area contributed by atoms with Crippen molar-refractivity contribution in [2.75, 3.05) is 50.8 Å². The van der Waals surface area contributed by atoms with E-state index < -0.39 is 24.4 Å². The molecule has 1 aliphatic rings. The summed E-state index contributed by atoms with van der Waals surface area (Å²) >= 11 is 0. The number of ether oxygens (including phenoxy) is 1. The number of nitrogens with one attached hydrogen (secondary N) is 1. The second-order valence-corrected chi connectivity index (χ2v) is 8.54. The molecule has 0 aliphatic carbocycles. The lowest BCUT2D eigenvalue weighted by atomic mass is 10.1. The topological polar surface area (TPSA) is 70.8 Å². The summed E-state index contributed by atoms with van der Waals surface area (Å²) in [5.74, 6) is -1.56. The number of hydrogen-bond donors (Lipinski definition) is 1. The summed E-state index contributed by atoms with van der Waals surface area (Å²) < 4.78 is 74.3. The van der Waals surface area contributed by atoms with E-state index in [1.165, 1.54) is 42.7 Å². The molecule has 4 rings (SSSR count). The molecule has 1 aliphatic heterocycles. The monoisotopic (exact) mass is 524 g/mol. The standard InChI is InChI=1S/C25H25F5N4O3/c26-18-4-2-17(3-5-18)23-20(15-37-32-23)24(35)31-8-1-9-33-10-12-34(13-11-33)21-7-6-19(27)14-22(21)36-16-25(28,29)30/h2-7,14-15H,1,8-13,16H2,(H,31,35). The Balaban J connectivity index is 1.23. The van der Waals surface area contributed by atoms with Crippen molar-refractivity contribution in [3.8, 4) is 17.0 Å². The van der Waals surface area contributed by atoms with Crippen molar-refractivity contribution in [1.29, 1.82) is 0 Å². The number of carbonyl (C=O) groups is 1. The first-order valence-electron chi connectivity index (χ1n) is 11.6. The molecule has 2 heterocycles. The van der Waals surface area contributed by atoms with Gasteiger partial charge in [-0.15, -0.1) is 0 Å². The third-order valence-corrected chi connectivity index (χ3v) is 5.89. The Hall–Kier alpha value is -3.67. The van der Waals surface area contributed by atoms with Crippen LogP contribution in [-0.2, 0) is 0 Å². The Bertz CT molecular complexity index is 1190. The van der Waals surface area contributed by atoms with E-state index in [1.807, 2.05) is 4.90 Å². The molecule has 0 bridgehead atoms. The number of piperazine rings is 1. The van der Waals surface area contributed by atoms with Crippen LogP contribution in [-0.4, -0.2) is 68.0 Å². The first-order valence-corrected chi connectivity index (χ1v) is 11.6. The highest BCUT2D eigenvalue weighted by molar-refractivity contribution is 5.99. The number of aromatic nitrogens is 1. The second kappa shape index (κ2) is 11.6. The van der Waals surface area contributed by atoms with E-state index in [4.69, 9.17) is 9.26 Å². The smallest absolute Gasteiger partial charge is 0.422 e. The molecule has 0 saturated carbocycles. The van der Waals surface area contributed by atoms with Gasteiger partial charge in [0, 0.05) is 44.4 Å². The molecule has 1 fully saturated rings. The van der Waals surface area contributed by atoms with E-state index >= 15 is 0 Å². The quantitative estimate of drug-likeness (QED) is 0.328. The number of hydrogen-bond acceptors (Lipinski definition) is 6. The minimum Gasteiger partial charge on any atom is -0.482 e. The molecule has 0 spiro atoms. The van der Waals surface area contributed by atoms with Crippen molar-refractivity contribution in [3.05, 3.63) is 65.9 Å². The van der Waals surface area contributed by atoms with E-state index in [0.29, 0.717) is 62.6 Å². The molecule has 198 valence electrons. The Labute approximate surface area is 209 Å². The Morgan fingerprint density at radius 2 is 1.73 bits per heavy atom. The fraction of sp³-hybridized carbons (Fsp3) is 0.360. The Morgan fingerprint density at radius 1 is 1.03 bits per heavy atom. The molecule has 1 aromatic heterocycles. The molecule has 7 nitrogen and oxygen atoms in total. The number of alkyl halides is 3. The van der Waals surface area contributed by atoms with Crippen molar-refractivity contribution >= 4 is 11.6 Å². The molecule has 0 atom stereocenters. The highest BCUT2D eigenvalue weighted by Gasteiger charge is 2.30. The Kier molecular flexibility index (Phi) is 8.27. The van der Waals surface area contributed by atoms with Gasteiger partial charge in [-0.3, -0.25) is 9.69 Å². The van der Waals surface area contributed by atoms with Gasteiger partial charge >= 0.3 is 6.18 Å². The van der Waals surface area contributed by atoms with Crippen LogP contribution in [0.3, 0.4) is 0 Å². The van der Waals surface area contributed by atoms with Crippen molar-refractivity contribution in [2.45, 2.75) is 12.6 Å². The molecule has 0 radical (unpaired) electrons. The van der Waals surface area contributed by atoms with Crippen molar-refractivity contribution in [1.82, 2.24) is 15.4 Å². The lowest BCUT2D eigenvalue weighted by Crippen LogP contribution is -2.47. The van der Waals surface area contributed by atoms with Gasteiger partial charge < -0.3 is 19.5 Å². The molecule has 3 aromatic rings. The van der Waals surface area contributed by atoms with Gasteiger partial charge in [-0.1, -0.05) is 5.16 Å². The van der Waals surface area contributed by atoms with Crippen LogP contribution >= 0.6 is 0 Å². The van der Waals surface area contributed by atoms with Gasteiger partial charge in [-0.05, 0) is 49.4 Å². The summed E-state index contributed by atoms with van der Waals surface area (Å²) in [5.41, 5.74) is 1.56. The highest BCUT2D eigenvalue weighted by atomic mass is 19.4. The van der Waals surface area contributed by atoms with Crippen molar-refractivity contribution in [3.63, 3.8) is 0 Å². The Morgan fingerprint density at radius 3 is 2.43 bits per heavy atom. The minimum absolute atomic E-state index is 0.137. The van der Waals surface area contributed by atoms with Crippen LogP contribution in [0.25, 0.3) is 11.3 Å². The SMILES string of the molecule is O=C(NCCCN1CCN(c2ccc(F)cc2OCC(F)(F)F)CC1)c1conc1-c1ccc(F)cc1. The maximum atomic E-state index is 13.6. The zero-order chi connectivity index (χ0) is 26.4. The predicted octanol–water partition coefficient (Wildman–Crippen LogP) is 4.50. The molecular formula is C25H25F5N4O3. The number of carbonyl (C=O) groups excluding carboxylic acids is 1. The normalized spacial score (nSPS) is 14.6. The van der Waals surface area contributed by atoms with Gasteiger partial charge in [0.1, 0.15) is 34.9 Å². The predicted molar refractivity (Wildman–Crippen MR) is 125 cm³/mol. The fourth-order valence-electron chi connectivity index (χ4n) is 4.05. The van der Waals surface area contributed by atoms with Crippen LogP contribution in [0.4, 0.5) is 27.6 Å². The summed E-state index contributed by atoms with van der Waals surface area (Å²) in [6, 6.07) is 9.17. The minimum atomic E-state index is -4.52. The van der Waals surface area contributed by atoms with Gasteiger partial charge in [-0.2, -0.15) is 13.2 Å². The van der Waals surface area contributed by atoms with E-state index in [9.17, 15) is 26.7 Å². The molecular weight excluding hydrogens is 499 g/mol. The lowest BCUT2D eigenvalue weighted by Gasteiger charge is -2.36. The summed E-state index contributed by atoms with van der Waals surface area (Å²) in [6.45, 7) is 1.96. The van der Waals surface area contributed by atoms with Crippen molar-refractivity contribution in [2.24, 2.45) is 0 Å². The average Bonchev–Trinajstić information content (AvgIpc) is 3.36. The van der Waals surface area contributed by atoms with Gasteiger partial charge in [0.25, 0.3) is 5.91 Å². The van der Waals surface area contributed by atoms with Crippen LogP contribution in [0.5, 0.6) is 5.75 Å². The number of amides is 1. The van der Waals surface area contributed by atoms with Gasteiger partial charge in [-0.25, -0.2) is 8.78 Å². The van der Waals surface area contributed by atoms with Crippen LogP contribution in [0, 0.1) is 11.6 Å². The number of rotatable bonds is 9. The molecule has 1 amide bonds. The second-order valence-electron chi connectivity index (χ2n) is 8.54. The summed E-state index contributed by atoms with van der Waals surface area (Å²) in [5, 5.41) is 6.67. The molecule has 37 heavy (non-hydrogen) atoms. The summed E-state index contributed by atoms with van der Waals surface area (Å²) in [7, 11) is 0. The summed E-state index contributed by atoms with van der Waals surface area (Å²) in [4.78, 5) is 16.6. The highest BCUT2D eigenvalue weighted by Crippen LogP contribution is 2.31. The third-order valence-electron chi connectivity index (χ3n) is 5.89. The number of nitrogens with zero attached hydrogens (tertiary/aromatic N) is 3. The van der Waals surface area contributed by atoms with Crippen LogP contribution in [0.2, 0.25) is 0 Å². The maximum absolute atomic E-state index is 13.6. The number of halogens is 5. The van der Waals surface area contributed by atoms with E-state index in [-0.39, 0.29) is 17.2 Å². The first-order chi connectivity index (χ1) is 17.7. The zero-order valence-corrected chi connectivity index (χ0v) is 19.7. The molecule has 1 saturated heterocycles. The van der Waals surface area contributed by atoms with Crippen LogP contribution < -0.4 is 15.0 Å². The van der Waals surface area contributed by atoms with Crippen molar-refractivity contribution < 1.29 is 36.0 Å². The number of anilines is 1. The molecule has 1 N–H and O–H groups in total. The maximum Gasteiger partial charge on any atom is 0.422 e. The lowest BCUT2D eigenvalue weighted by molar-refractivity contribution is -0.153. The zero-order valence-electron chi connectivity index (χ0n) is 19.7. The van der Waals surface area contributed by atoms with Crippen LogP contribution in [0.1, 0.15) is 16.8 Å². The van der Waals surface area contributed by atoms with Gasteiger partial charge in [0.2, 0.25) is 0 Å². The third kappa shape index (κ3) is 7.19. The molecule has 0 unspecified atom stereocenters. The first kappa shape index (κ1) is 26.4. The van der Waals surface area contributed by atoms with E-state index in [1.54, 1.807) is 0 Å². The largest absolute Gasteiger partial charge is 0.482 e. The average molecular weight is 524 g/mol. The molecule has 12 heteroatoms. The fourth-order valence-corrected chi connectivity index (χ4v) is 4.05. The van der Waals surface area contributed by atoms with E-state index in [0.717, 1.165) is 6.07 Å². The van der Waals surface area contributed by atoms with Crippen LogP contribution in [0.15, 0.2) is 53.3 Å². The summed E-state index contributed by atoms with van der Waals surface area (Å²) in [6.07, 6.45) is -2.61. The van der Waals surface area contributed by atoms with E-state index in [2.05, 4.69) is 15.4 Å². The number of benzene rings is 2.